The van der Waals surface area contributed by atoms with Crippen LogP contribution in [-0.2, 0) is 5.88 Å². The van der Waals surface area contributed by atoms with E-state index in [-0.39, 0.29) is 11.7 Å². The molecule has 0 aliphatic heterocycles. The fraction of sp³-hybridized carbons (Fsp3) is 0.333. The zero-order chi connectivity index (χ0) is 9.14. The summed E-state index contributed by atoms with van der Waals surface area (Å²) in [7, 11) is 0. The van der Waals surface area contributed by atoms with E-state index in [2.05, 4.69) is 9.97 Å². The Morgan fingerprint density at radius 1 is 1.67 bits per heavy atom. The average Bonchev–Trinajstić information content (AvgIpc) is 2.03. The molecule has 0 unspecified atom stereocenters. The molecule has 0 aliphatic rings. The van der Waals surface area contributed by atoms with Crippen LogP contribution in [0, 0.1) is 0 Å². The van der Waals surface area contributed by atoms with Gasteiger partial charge in [0.25, 0.3) is 12.0 Å². The van der Waals surface area contributed by atoms with Gasteiger partial charge in [-0.3, -0.25) is 4.79 Å². The Labute approximate surface area is 71.4 Å². The van der Waals surface area contributed by atoms with Crippen LogP contribution in [0.2, 0.25) is 0 Å². The number of aromatic nitrogens is 2. The number of hydrogen-bond acceptors (Lipinski definition) is 2. The first-order valence-electron chi connectivity index (χ1n) is 3.07. The molecule has 0 spiro atoms. The SMILES string of the molecule is O=c1cc(C(F)F)nc(CCl)[nH]1. The summed E-state index contributed by atoms with van der Waals surface area (Å²) >= 11 is 5.30. The quantitative estimate of drug-likeness (QED) is 0.725. The van der Waals surface area contributed by atoms with Gasteiger partial charge in [0.1, 0.15) is 11.5 Å². The third kappa shape index (κ3) is 2.01. The highest BCUT2D eigenvalue weighted by molar-refractivity contribution is 6.16. The average molecular weight is 195 g/mol. The second-order valence-electron chi connectivity index (χ2n) is 2.05. The number of nitrogens with zero attached hydrogens (tertiary/aromatic N) is 1. The molecule has 0 saturated heterocycles. The Kier molecular flexibility index (Phi) is 2.75. The van der Waals surface area contributed by atoms with E-state index in [1.54, 1.807) is 0 Å². The van der Waals surface area contributed by atoms with Crippen molar-refractivity contribution in [2.75, 3.05) is 0 Å². The lowest BCUT2D eigenvalue weighted by Crippen LogP contribution is -2.11. The molecule has 1 N–H and O–H groups in total. The molecule has 1 aromatic rings. The topological polar surface area (TPSA) is 45.8 Å². The second kappa shape index (κ2) is 3.62. The maximum absolute atomic E-state index is 12.0. The molecule has 1 heterocycles. The van der Waals surface area contributed by atoms with Crippen molar-refractivity contribution in [3.63, 3.8) is 0 Å². The normalized spacial score (nSPS) is 10.7. The van der Waals surface area contributed by atoms with Crippen LogP contribution >= 0.6 is 11.6 Å². The Hall–Kier alpha value is -0.970. The highest BCUT2D eigenvalue weighted by Gasteiger charge is 2.10. The highest BCUT2D eigenvalue weighted by atomic mass is 35.5. The molecule has 12 heavy (non-hydrogen) atoms. The lowest BCUT2D eigenvalue weighted by molar-refractivity contribution is 0.145. The van der Waals surface area contributed by atoms with E-state index < -0.39 is 17.7 Å². The summed E-state index contributed by atoms with van der Waals surface area (Å²) in [4.78, 5) is 16.3. The second-order valence-corrected chi connectivity index (χ2v) is 2.32. The van der Waals surface area contributed by atoms with Gasteiger partial charge in [0.05, 0.1) is 5.88 Å². The minimum absolute atomic E-state index is 0.0551. The standard InChI is InChI=1S/C6H5ClF2N2O/c7-2-4-10-3(6(8)9)1-5(12)11-4/h1,6H,2H2,(H,10,11,12). The maximum Gasteiger partial charge on any atom is 0.280 e. The summed E-state index contributed by atoms with van der Waals surface area (Å²) in [6.45, 7) is 0. The van der Waals surface area contributed by atoms with Crippen LogP contribution in [0.15, 0.2) is 10.9 Å². The van der Waals surface area contributed by atoms with Crippen LogP contribution in [0.5, 0.6) is 0 Å². The molecule has 0 fully saturated rings. The van der Waals surface area contributed by atoms with Gasteiger partial charge in [-0.05, 0) is 0 Å². The summed E-state index contributed by atoms with van der Waals surface area (Å²) in [5, 5.41) is 0. The van der Waals surface area contributed by atoms with E-state index in [0.29, 0.717) is 0 Å². The molecule has 0 atom stereocenters. The van der Waals surface area contributed by atoms with Crippen molar-refractivity contribution >= 4 is 11.6 Å². The number of nitrogens with one attached hydrogen (secondary N) is 1. The highest BCUT2D eigenvalue weighted by Crippen LogP contribution is 2.13. The van der Waals surface area contributed by atoms with E-state index in [4.69, 9.17) is 11.6 Å². The van der Waals surface area contributed by atoms with Crippen molar-refractivity contribution in [3.05, 3.63) is 27.9 Å². The molecule has 0 aromatic carbocycles. The van der Waals surface area contributed by atoms with Crippen molar-refractivity contribution < 1.29 is 8.78 Å². The van der Waals surface area contributed by atoms with Gasteiger partial charge in [-0.15, -0.1) is 11.6 Å². The zero-order valence-electron chi connectivity index (χ0n) is 5.85. The molecule has 0 bridgehead atoms. The minimum Gasteiger partial charge on any atom is -0.310 e. The first kappa shape index (κ1) is 9.12. The molecule has 0 amide bonds. The Morgan fingerprint density at radius 2 is 2.33 bits per heavy atom. The Balaban J connectivity index is 3.15. The molecular formula is C6H5ClF2N2O. The number of hydrogen-bond donors (Lipinski definition) is 1. The summed E-state index contributed by atoms with van der Waals surface area (Å²) in [6, 6.07) is 0.751. The van der Waals surface area contributed by atoms with Gasteiger partial charge < -0.3 is 4.98 Å². The lowest BCUT2D eigenvalue weighted by Gasteiger charge is -1.99. The number of aromatic amines is 1. The molecule has 0 radical (unpaired) electrons. The van der Waals surface area contributed by atoms with E-state index in [9.17, 15) is 13.6 Å². The first-order valence-corrected chi connectivity index (χ1v) is 3.61. The molecule has 0 aliphatic carbocycles. The molecule has 1 aromatic heterocycles. The first-order chi connectivity index (χ1) is 5.63. The lowest BCUT2D eigenvalue weighted by atomic mass is 10.4. The number of H-pyrrole nitrogens is 1. The van der Waals surface area contributed by atoms with Gasteiger partial charge in [-0.2, -0.15) is 0 Å². The molecule has 0 saturated carbocycles. The maximum atomic E-state index is 12.0. The van der Waals surface area contributed by atoms with Crippen molar-refractivity contribution in [3.8, 4) is 0 Å². The van der Waals surface area contributed by atoms with Gasteiger partial charge in [-0.1, -0.05) is 0 Å². The van der Waals surface area contributed by atoms with Crippen molar-refractivity contribution in [2.45, 2.75) is 12.3 Å². The fourth-order valence-corrected chi connectivity index (χ4v) is 0.830. The van der Waals surface area contributed by atoms with Gasteiger partial charge in [-0.25, -0.2) is 13.8 Å². The Morgan fingerprint density at radius 3 is 2.83 bits per heavy atom. The predicted molar refractivity (Wildman–Crippen MR) is 39.4 cm³/mol. The van der Waals surface area contributed by atoms with Crippen molar-refractivity contribution in [1.82, 2.24) is 9.97 Å². The summed E-state index contributed by atoms with van der Waals surface area (Å²) in [5.74, 6) is -0.0324. The number of alkyl halides is 3. The van der Waals surface area contributed by atoms with E-state index in [1.165, 1.54) is 0 Å². The Bertz CT molecular complexity index is 326. The van der Waals surface area contributed by atoms with Gasteiger partial charge in [0.2, 0.25) is 0 Å². The van der Waals surface area contributed by atoms with Gasteiger partial charge in [0, 0.05) is 6.07 Å². The molecule has 1 rings (SSSR count). The monoisotopic (exact) mass is 194 g/mol. The minimum atomic E-state index is -2.74. The van der Waals surface area contributed by atoms with Crippen LogP contribution in [-0.4, -0.2) is 9.97 Å². The predicted octanol–water partition coefficient (Wildman–Crippen LogP) is 1.45. The van der Waals surface area contributed by atoms with Crippen molar-refractivity contribution in [2.24, 2.45) is 0 Å². The summed E-state index contributed by atoms with van der Waals surface area (Å²) in [5.41, 5.74) is -1.16. The summed E-state index contributed by atoms with van der Waals surface area (Å²) in [6.07, 6.45) is -2.74. The smallest absolute Gasteiger partial charge is 0.280 e. The molecule has 3 nitrogen and oxygen atoms in total. The zero-order valence-corrected chi connectivity index (χ0v) is 6.61. The van der Waals surface area contributed by atoms with Crippen LogP contribution in [0.3, 0.4) is 0 Å². The van der Waals surface area contributed by atoms with Gasteiger partial charge >= 0.3 is 0 Å². The van der Waals surface area contributed by atoms with E-state index in [1.807, 2.05) is 0 Å². The van der Waals surface area contributed by atoms with Crippen LogP contribution in [0.1, 0.15) is 17.9 Å². The van der Waals surface area contributed by atoms with Gasteiger partial charge in [0.15, 0.2) is 0 Å². The van der Waals surface area contributed by atoms with Crippen LogP contribution in [0.4, 0.5) is 8.78 Å². The largest absolute Gasteiger partial charge is 0.310 e. The van der Waals surface area contributed by atoms with Crippen LogP contribution in [0.25, 0.3) is 0 Å². The third-order valence-corrected chi connectivity index (χ3v) is 1.41. The molecular weight excluding hydrogens is 190 g/mol. The van der Waals surface area contributed by atoms with E-state index >= 15 is 0 Å². The van der Waals surface area contributed by atoms with E-state index in [0.717, 1.165) is 6.07 Å². The molecule has 6 heteroatoms. The number of halogens is 3. The van der Waals surface area contributed by atoms with Crippen molar-refractivity contribution in [1.29, 1.82) is 0 Å². The summed E-state index contributed by atoms with van der Waals surface area (Å²) < 4.78 is 24.0. The third-order valence-electron chi connectivity index (χ3n) is 1.16. The number of rotatable bonds is 2. The molecule has 66 valence electrons. The fourth-order valence-electron chi connectivity index (χ4n) is 0.704. The van der Waals surface area contributed by atoms with Crippen LogP contribution < -0.4 is 5.56 Å².